The summed E-state index contributed by atoms with van der Waals surface area (Å²) in [5.74, 6) is -1.34. The first-order valence-corrected chi connectivity index (χ1v) is 4.59. The van der Waals surface area contributed by atoms with Gasteiger partial charge in [0.2, 0.25) is 0 Å². The fraction of sp³-hybridized carbons (Fsp3) is 0.750. The number of carbonyl (C=O) groups excluding carboxylic acids is 1. The lowest BCUT2D eigenvalue weighted by Gasteiger charge is -2.04. The van der Waals surface area contributed by atoms with E-state index in [0.717, 1.165) is 0 Å². The van der Waals surface area contributed by atoms with E-state index in [2.05, 4.69) is 10.0 Å². The fourth-order valence-electron chi connectivity index (χ4n) is 0.984. The van der Waals surface area contributed by atoms with Crippen LogP contribution in [0.15, 0.2) is 5.11 Å². The number of unbranched alkanes of at least 4 members (excludes halogenated alkanes) is 1. The number of azide groups is 1. The van der Waals surface area contributed by atoms with E-state index in [1.807, 2.05) is 0 Å². The fourth-order valence-corrected chi connectivity index (χ4v) is 0.984. The minimum atomic E-state index is -1.17. The molecule has 3 N–H and O–H groups in total. The molecule has 0 aliphatic rings. The van der Waals surface area contributed by atoms with Crippen LogP contribution in [0.4, 0.5) is 0 Å². The van der Waals surface area contributed by atoms with Gasteiger partial charge in [-0.05, 0) is 18.4 Å². The summed E-state index contributed by atoms with van der Waals surface area (Å²) in [5, 5.41) is 11.7. The van der Waals surface area contributed by atoms with Crippen molar-refractivity contribution in [3.63, 3.8) is 0 Å². The number of nitrogens with zero attached hydrogens (tertiary/aromatic N) is 3. The van der Waals surface area contributed by atoms with Gasteiger partial charge in [-0.1, -0.05) is 5.11 Å². The number of rotatable bonds is 8. The van der Waals surface area contributed by atoms with E-state index in [4.69, 9.17) is 16.4 Å². The van der Waals surface area contributed by atoms with Gasteiger partial charge >= 0.3 is 5.97 Å². The molecule has 0 bridgehead atoms. The van der Waals surface area contributed by atoms with Gasteiger partial charge in [0.1, 0.15) is 11.8 Å². The van der Waals surface area contributed by atoms with Crippen LogP contribution >= 0.6 is 0 Å². The summed E-state index contributed by atoms with van der Waals surface area (Å²) < 4.78 is 0. The number of aliphatic carboxylic acids is 1. The number of ketones is 1. The maximum atomic E-state index is 11.1. The number of hydrogen-bond donors (Lipinski definition) is 2. The highest BCUT2D eigenvalue weighted by molar-refractivity contribution is 5.85. The molecule has 0 fully saturated rings. The number of hydrogen-bond acceptors (Lipinski definition) is 4. The number of nitrogens with two attached hydrogens (primary N) is 1. The first kappa shape index (κ1) is 13.4. The molecule has 0 aliphatic carbocycles. The van der Waals surface area contributed by atoms with Crippen molar-refractivity contribution in [1.29, 1.82) is 0 Å². The molecule has 1 atom stereocenters. The third kappa shape index (κ3) is 7.48. The Labute approximate surface area is 86.9 Å². The number of carboxylic acid groups (broad SMARTS) is 1. The average Bonchev–Trinajstić information content (AvgIpc) is 2.17. The Morgan fingerprint density at radius 3 is 2.67 bits per heavy atom. The summed E-state index contributed by atoms with van der Waals surface area (Å²) in [6.07, 6.45) is 1.35. The Morgan fingerprint density at radius 1 is 1.47 bits per heavy atom. The summed E-state index contributed by atoms with van der Waals surface area (Å²) >= 11 is 0. The van der Waals surface area contributed by atoms with Crippen LogP contribution in [-0.2, 0) is 9.59 Å². The molecule has 0 aromatic heterocycles. The van der Waals surface area contributed by atoms with Gasteiger partial charge in [0.05, 0.1) is 0 Å². The minimum Gasteiger partial charge on any atom is -0.480 e. The summed E-state index contributed by atoms with van der Waals surface area (Å²) in [6.45, 7) is 0.356. The molecule has 0 aromatic rings. The highest BCUT2D eigenvalue weighted by Crippen LogP contribution is 2.01. The second kappa shape index (κ2) is 7.78. The first-order valence-electron chi connectivity index (χ1n) is 4.59. The summed E-state index contributed by atoms with van der Waals surface area (Å²) in [7, 11) is 0. The van der Waals surface area contributed by atoms with Crippen molar-refractivity contribution >= 4 is 11.8 Å². The van der Waals surface area contributed by atoms with Crippen molar-refractivity contribution in [2.24, 2.45) is 10.8 Å². The zero-order chi connectivity index (χ0) is 11.7. The number of carbonyl (C=O) groups is 2. The Kier molecular flexibility index (Phi) is 6.96. The smallest absolute Gasteiger partial charge is 0.320 e. The van der Waals surface area contributed by atoms with Crippen molar-refractivity contribution in [2.75, 3.05) is 6.54 Å². The van der Waals surface area contributed by atoms with E-state index in [1.165, 1.54) is 0 Å². The molecule has 7 nitrogen and oxygen atoms in total. The summed E-state index contributed by atoms with van der Waals surface area (Å²) in [6, 6.07) is -1.12. The standard InChI is InChI=1S/C8H14N4O3/c9-7(8(14)15)5-6(13)3-1-2-4-11-12-10/h7H,1-5,9H2,(H,14,15)/t7-/m0/s1. The number of carboxylic acids is 1. The van der Waals surface area contributed by atoms with Crippen LogP contribution < -0.4 is 5.73 Å². The molecular formula is C8H14N4O3. The van der Waals surface area contributed by atoms with E-state index >= 15 is 0 Å². The van der Waals surface area contributed by atoms with Gasteiger partial charge in [-0.2, -0.15) is 0 Å². The first-order chi connectivity index (χ1) is 7.07. The average molecular weight is 214 g/mol. The summed E-state index contributed by atoms with van der Waals surface area (Å²) in [4.78, 5) is 24.0. The van der Waals surface area contributed by atoms with Gasteiger partial charge in [-0.3, -0.25) is 9.59 Å². The van der Waals surface area contributed by atoms with Crippen molar-refractivity contribution in [1.82, 2.24) is 0 Å². The zero-order valence-electron chi connectivity index (χ0n) is 8.30. The van der Waals surface area contributed by atoms with Crippen LogP contribution in [0.1, 0.15) is 25.7 Å². The molecular weight excluding hydrogens is 200 g/mol. The van der Waals surface area contributed by atoms with E-state index in [1.54, 1.807) is 0 Å². The molecule has 0 radical (unpaired) electrons. The number of Topliss-reactive ketones (excluding diaryl/α,β-unsaturated/α-hetero) is 1. The van der Waals surface area contributed by atoms with Gasteiger partial charge in [0.25, 0.3) is 0 Å². The molecule has 84 valence electrons. The maximum Gasteiger partial charge on any atom is 0.320 e. The molecule has 7 heteroatoms. The van der Waals surface area contributed by atoms with Crippen LogP contribution in [0.5, 0.6) is 0 Å². The summed E-state index contributed by atoms with van der Waals surface area (Å²) in [5.41, 5.74) is 13.1. The quantitative estimate of drug-likeness (QED) is 0.268. The Balaban J connectivity index is 3.57. The molecule has 15 heavy (non-hydrogen) atoms. The van der Waals surface area contributed by atoms with Crippen LogP contribution in [0.3, 0.4) is 0 Å². The molecule has 0 aliphatic heterocycles. The minimum absolute atomic E-state index is 0.142. The van der Waals surface area contributed by atoms with Crippen molar-refractivity contribution in [2.45, 2.75) is 31.7 Å². The molecule has 0 unspecified atom stereocenters. The van der Waals surface area contributed by atoms with Gasteiger partial charge in [0, 0.05) is 24.3 Å². The lowest BCUT2D eigenvalue weighted by Crippen LogP contribution is -2.32. The molecule has 0 aromatic carbocycles. The Bertz CT molecular complexity index is 273. The maximum absolute atomic E-state index is 11.1. The second-order valence-corrected chi connectivity index (χ2v) is 3.10. The van der Waals surface area contributed by atoms with Crippen LogP contribution in [0.2, 0.25) is 0 Å². The highest BCUT2D eigenvalue weighted by atomic mass is 16.4. The van der Waals surface area contributed by atoms with Crippen molar-refractivity contribution in [3.05, 3.63) is 10.4 Å². The molecule has 0 rings (SSSR count). The van der Waals surface area contributed by atoms with Crippen molar-refractivity contribution in [3.8, 4) is 0 Å². The van der Waals surface area contributed by atoms with Gasteiger partial charge < -0.3 is 10.8 Å². The van der Waals surface area contributed by atoms with Gasteiger partial charge in [0.15, 0.2) is 0 Å². The predicted molar refractivity (Wildman–Crippen MR) is 53.1 cm³/mol. The highest BCUT2D eigenvalue weighted by Gasteiger charge is 2.15. The van der Waals surface area contributed by atoms with E-state index in [-0.39, 0.29) is 18.6 Å². The molecule has 0 saturated heterocycles. The lowest BCUT2D eigenvalue weighted by molar-refractivity contribution is -0.140. The third-order valence-corrected chi connectivity index (χ3v) is 1.79. The predicted octanol–water partition coefficient (Wildman–Crippen LogP) is 0.838. The largest absolute Gasteiger partial charge is 0.480 e. The van der Waals surface area contributed by atoms with E-state index < -0.39 is 12.0 Å². The lowest BCUT2D eigenvalue weighted by atomic mass is 10.1. The normalized spacial score (nSPS) is 11.5. The van der Waals surface area contributed by atoms with Crippen LogP contribution in [-0.4, -0.2) is 29.4 Å². The topological polar surface area (TPSA) is 129 Å². The van der Waals surface area contributed by atoms with Gasteiger partial charge in [-0.15, -0.1) is 0 Å². The van der Waals surface area contributed by atoms with E-state index in [9.17, 15) is 9.59 Å². The van der Waals surface area contributed by atoms with Crippen LogP contribution in [0, 0.1) is 0 Å². The molecule has 0 heterocycles. The van der Waals surface area contributed by atoms with Crippen molar-refractivity contribution < 1.29 is 14.7 Å². The Hall–Kier alpha value is -1.59. The van der Waals surface area contributed by atoms with E-state index in [0.29, 0.717) is 19.4 Å². The molecule has 0 amide bonds. The molecule has 0 saturated carbocycles. The third-order valence-electron chi connectivity index (χ3n) is 1.79. The second-order valence-electron chi connectivity index (χ2n) is 3.10. The SMILES string of the molecule is [N-]=[N+]=NCCCCC(=O)C[C@H](N)C(=O)O. The van der Waals surface area contributed by atoms with Gasteiger partial charge in [-0.25, -0.2) is 0 Å². The monoisotopic (exact) mass is 214 g/mol. The molecule has 0 spiro atoms. The Morgan fingerprint density at radius 2 is 2.13 bits per heavy atom. The van der Waals surface area contributed by atoms with Crippen LogP contribution in [0.25, 0.3) is 10.4 Å². The zero-order valence-corrected chi connectivity index (χ0v) is 8.30.